The van der Waals surface area contributed by atoms with Crippen LogP contribution in [0.15, 0.2) is 109 Å². The molecule has 0 saturated heterocycles. The summed E-state index contributed by atoms with van der Waals surface area (Å²) in [5.41, 5.74) is 3.75. The third-order valence-electron chi connectivity index (χ3n) is 5.42. The summed E-state index contributed by atoms with van der Waals surface area (Å²) >= 11 is 3.32. The lowest BCUT2D eigenvalue weighted by Gasteiger charge is -2.35. The van der Waals surface area contributed by atoms with Crippen LogP contribution in [0.4, 0.5) is 0 Å². The van der Waals surface area contributed by atoms with Crippen LogP contribution in [0.1, 0.15) is 16.7 Å². The van der Waals surface area contributed by atoms with Gasteiger partial charge in [0.15, 0.2) is 5.16 Å². The summed E-state index contributed by atoms with van der Waals surface area (Å²) in [4.78, 5) is 16.0. The van der Waals surface area contributed by atoms with Crippen LogP contribution in [0.3, 0.4) is 0 Å². The van der Waals surface area contributed by atoms with Gasteiger partial charge in [0.2, 0.25) is 0 Å². The third-order valence-corrected chi connectivity index (χ3v) is 7.92. The summed E-state index contributed by atoms with van der Waals surface area (Å²) in [5, 5.41) is 0.825. The standard InChI is InChI=1S/C27H26N2O2S2/c1-31-25(30)21-32-26-28-17-18-29(26)19-20-33-27(22-11-5-2-6-12-22,23-13-7-3-8-14-23)24-15-9-4-10-16-24/h2-18H,19-21H2,1H3. The normalized spacial score (nSPS) is 11.3. The molecular weight excluding hydrogens is 448 g/mol. The molecule has 0 radical (unpaired) electrons. The van der Waals surface area contributed by atoms with Gasteiger partial charge < -0.3 is 9.30 Å². The Morgan fingerprint density at radius 3 is 1.88 bits per heavy atom. The number of benzene rings is 3. The minimum atomic E-state index is -0.344. The Morgan fingerprint density at radius 1 is 0.879 bits per heavy atom. The molecule has 4 nitrogen and oxygen atoms in total. The zero-order chi connectivity index (χ0) is 22.9. The number of hydrogen-bond donors (Lipinski definition) is 0. The molecule has 0 unspecified atom stereocenters. The molecule has 0 spiro atoms. The van der Waals surface area contributed by atoms with Gasteiger partial charge in [-0.3, -0.25) is 4.79 Å². The summed E-state index contributed by atoms with van der Waals surface area (Å²) in [6.07, 6.45) is 3.75. The molecule has 0 N–H and O–H groups in total. The maximum Gasteiger partial charge on any atom is 0.316 e. The average molecular weight is 475 g/mol. The maximum absolute atomic E-state index is 11.6. The van der Waals surface area contributed by atoms with E-state index in [-0.39, 0.29) is 16.5 Å². The van der Waals surface area contributed by atoms with Gasteiger partial charge in [0, 0.05) is 24.7 Å². The van der Waals surface area contributed by atoms with Crippen molar-refractivity contribution in [1.82, 2.24) is 9.55 Å². The van der Waals surface area contributed by atoms with Gasteiger partial charge in [-0.2, -0.15) is 0 Å². The second-order valence-electron chi connectivity index (χ2n) is 7.40. The van der Waals surface area contributed by atoms with Crippen LogP contribution in [0, 0.1) is 0 Å². The largest absolute Gasteiger partial charge is 0.468 e. The minimum Gasteiger partial charge on any atom is -0.468 e. The number of carbonyl (C=O) groups excluding carboxylic acids is 1. The zero-order valence-electron chi connectivity index (χ0n) is 18.5. The van der Waals surface area contributed by atoms with Crippen molar-refractivity contribution in [1.29, 1.82) is 0 Å². The number of aryl methyl sites for hydroxylation is 1. The van der Waals surface area contributed by atoms with E-state index in [1.807, 2.05) is 18.0 Å². The van der Waals surface area contributed by atoms with Gasteiger partial charge in [-0.25, -0.2) is 4.98 Å². The van der Waals surface area contributed by atoms with Crippen LogP contribution >= 0.6 is 23.5 Å². The number of nitrogens with zero attached hydrogens (tertiary/aromatic N) is 2. The smallest absolute Gasteiger partial charge is 0.316 e. The summed E-state index contributed by atoms with van der Waals surface area (Å²) in [5.74, 6) is 0.865. The molecule has 0 aliphatic heterocycles. The first kappa shape index (κ1) is 23.2. The molecule has 0 aliphatic carbocycles. The Labute approximate surface area is 203 Å². The quantitative estimate of drug-likeness (QED) is 0.163. The molecule has 168 valence electrons. The van der Waals surface area contributed by atoms with E-state index in [9.17, 15) is 4.79 Å². The van der Waals surface area contributed by atoms with Gasteiger partial charge in [0.25, 0.3) is 0 Å². The molecule has 0 amide bonds. The van der Waals surface area contributed by atoms with E-state index >= 15 is 0 Å². The van der Waals surface area contributed by atoms with Gasteiger partial charge in [-0.1, -0.05) is 103 Å². The van der Waals surface area contributed by atoms with E-state index < -0.39 is 0 Å². The molecule has 0 aliphatic rings. The second kappa shape index (κ2) is 11.3. The van der Waals surface area contributed by atoms with Crippen LogP contribution in [0.25, 0.3) is 0 Å². The first-order valence-corrected chi connectivity index (χ1v) is 12.7. The molecule has 0 atom stereocenters. The Balaban J connectivity index is 1.65. The molecule has 33 heavy (non-hydrogen) atoms. The van der Waals surface area contributed by atoms with Crippen LogP contribution in [-0.4, -0.2) is 34.1 Å². The predicted molar refractivity (Wildman–Crippen MR) is 137 cm³/mol. The Morgan fingerprint density at radius 2 is 1.39 bits per heavy atom. The first-order chi connectivity index (χ1) is 16.2. The fourth-order valence-corrected chi connectivity index (χ4v) is 6.17. The van der Waals surface area contributed by atoms with Crippen LogP contribution in [0.5, 0.6) is 0 Å². The molecule has 0 bridgehead atoms. The summed E-state index contributed by atoms with van der Waals surface area (Å²) in [6.45, 7) is 0.780. The zero-order valence-corrected chi connectivity index (χ0v) is 20.1. The number of methoxy groups -OCH3 is 1. The lowest BCUT2D eigenvalue weighted by Crippen LogP contribution is -2.26. The van der Waals surface area contributed by atoms with E-state index in [1.165, 1.54) is 35.6 Å². The molecule has 3 aromatic carbocycles. The van der Waals surface area contributed by atoms with Crippen molar-refractivity contribution in [3.8, 4) is 0 Å². The molecule has 4 aromatic rings. The third kappa shape index (κ3) is 5.34. The van der Waals surface area contributed by atoms with Crippen molar-refractivity contribution in [3.63, 3.8) is 0 Å². The Kier molecular flexibility index (Phi) is 7.92. The fourth-order valence-electron chi connectivity index (χ4n) is 3.85. The number of thioether (sulfide) groups is 2. The van der Waals surface area contributed by atoms with Gasteiger partial charge in [0.1, 0.15) is 0 Å². The SMILES string of the molecule is COC(=O)CSc1nccn1CCSC(c1ccccc1)(c1ccccc1)c1ccccc1. The van der Waals surface area contributed by atoms with E-state index in [1.54, 1.807) is 6.20 Å². The number of imidazole rings is 1. The average Bonchev–Trinajstić information content (AvgIpc) is 3.34. The van der Waals surface area contributed by atoms with E-state index in [0.29, 0.717) is 0 Å². The molecular formula is C27H26N2O2S2. The van der Waals surface area contributed by atoms with Gasteiger partial charge in [-0.05, 0) is 16.7 Å². The molecule has 4 rings (SSSR count). The molecule has 0 fully saturated rings. The monoisotopic (exact) mass is 474 g/mol. The highest BCUT2D eigenvalue weighted by molar-refractivity contribution is 8.00. The van der Waals surface area contributed by atoms with Crippen molar-refractivity contribution < 1.29 is 9.53 Å². The highest BCUT2D eigenvalue weighted by atomic mass is 32.2. The van der Waals surface area contributed by atoms with Crippen molar-refractivity contribution >= 4 is 29.5 Å². The van der Waals surface area contributed by atoms with Gasteiger partial charge in [-0.15, -0.1) is 11.8 Å². The molecule has 1 aromatic heterocycles. The first-order valence-electron chi connectivity index (χ1n) is 10.8. The number of carbonyl (C=O) groups is 1. The minimum absolute atomic E-state index is 0.250. The number of rotatable bonds is 10. The van der Waals surface area contributed by atoms with Crippen molar-refractivity contribution in [2.24, 2.45) is 0 Å². The number of esters is 1. The van der Waals surface area contributed by atoms with Crippen LogP contribution in [-0.2, 0) is 20.8 Å². The molecule has 6 heteroatoms. The van der Waals surface area contributed by atoms with Crippen molar-refractivity contribution in [2.75, 3.05) is 18.6 Å². The fraction of sp³-hybridized carbons (Fsp3) is 0.185. The van der Waals surface area contributed by atoms with Crippen LogP contribution < -0.4 is 0 Å². The summed E-state index contributed by atoms with van der Waals surface area (Å²) < 4.78 is 6.52. The Hall–Kier alpha value is -2.96. The van der Waals surface area contributed by atoms with Crippen molar-refractivity contribution in [3.05, 3.63) is 120 Å². The van der Waals surface area contributed by atoms with Crippen molar-refractivity contribution in [2.45, 2.75) is 16.4 Å². The second-order valence-corrected chi connectivity index (χ2v) is 9.65. The molecule has 1 heterocycles. The van der Waals surface area contributed by atoms with E-state index in [0.717, 1.165) is 17.5 Å². The Bertz CT molecular complexity index is 1050. The maximum atomic E-state index is 11.6. The van der Waals surface area contributed by atoms with E-state index in [2.05, 4.69) is 101 Å². The van der Waals surface area contributed by atoms with Gasteiger partial charge >= 0.3 is 5.97 Å². The summed E-state index contributed by atoms with van der Waals surface area (Å²) in [7, 11) is 1.41. The predicted octanol–water partition coefficient (Wildman–Crippen LogP) is 5.87. The number of hydrogen-bond acceptors (Lipinski definition) is 5. The highest BCUT2D eigenvalue weighted by Gasteiger charge is 2.36. The summed E-state index contributed by atoms with van der Waals surface area (Å²) in [6, 6.07) is 32.1. The lowest BCUT2D eigenvalue weighted by atomic mass is 9.84. The van der Waals surface area contributed by atoms with E-state index in [4.69, 9.17) is 4.74 Å². The number of ether oxygens (including phenoxy) is 1. The number of aromatic nitrogens is 2. The van der Waals surface area contributed by atoms with Gasteiger partial charge in [0.05, 0.1) is 17.6 Å². The topological polar surface area (TPSA) is 44.1 Å². The lowest BCUT2D eigenvalue weighted by molar-refractivity contribution is -0.137. The highest BCUT2D eigenvalue weighted by Crippen LogP contribution is 2.48. The van der Waals surface area contributed by atoms with Crippen LogP contribution in [0.2, 0.25) is 0 Å². The molecule has 0 saturated carbocycles.